The molecule has 1 atom stereocenters. The molecule has 1 amide bonds. The Bertz CT molecular complexity index is 1200. The molecule has 1 aliphatic heterocycles. The molecule has 3 heterocycles. The second-order valence-electron chi connectivity index (χ2n) is 8.50. The van der Waals surface area contributed by atoms with Crippen molar-refractivity contribution in [1.82, 2.24) is 14.9 Å². The van der Waals surface area contributed by atoms with Gasteiger partial charge in [0.1, 0.15) is 17.3 Å². The van der Waals surface area contributed by atoms with Crippen LogP contribution in [-0.2, 0) is 11.3 Å². The summed E-state index contributed by atoms with van der Waals surface area (Å²) in [4.78, 5) is 26.4. The fourth-order valence-electron chi connectivity index (χ4n) is 4.37. The summed E-state index contributed by atoms with van der Waals surface area (Å²) in [5.74, 6) is 1.97. The van der Waals surface area contributed by atoms with Crippen LogP contribution in [-0.4, -0.2) is 53.7 Å². The van der Waals surface area contributed by atoms with Gasteiger partial charge in [-0.05, 0) is 56.9 Å². The highest BCUT2D eigenvalue weighted by Crippen LogP contribution is 2.33. The number of amides is 1. The van der Waals surface area contributed by atoms with Gasteiger partial charge in [-0.25, -0.2) is 9.97 Å². The number of aryl methyl sites for hydroxylation is 3. The molecule has 1 aliphatic rings. The lowest BCUT2D eigenvalue weighted by Crippen LogP contribution is -2.36. The van der Waals surface area contributed by atoms with Crippen LogP contribution in [0.2, 0.25) is 0 Å². The van der Waals surface area contributed by atoms with E-state index in [4.69, 9.17) is 14.2 Å². The Hall–Kier alpha value is -2.97. The summed E-state index contributed by atoms with van der Waals surface area (Å²) < 4.78 is 17.1. The van der Waals surface area contributed by atoms with Gasteiger partial charge in [-0.2, -0.15) is 0 Å². The van der Waals surface area contributed by atoms with Gasteiger partial charge in [0.2, 0.25) is 0 Å². The predicted octanol–water partition coefficient (Wildman–Crippen LogP) is 5.01. The Morgan fingerprint density at radius 1 is 1.29 bits per heavy atom. The van der Waals surface area contributed by atoms with Crippen LogP contribution in [0.5, 0.6) is 11.5 Å². The number of nitrogens with zero attached hydrogens (tertiary/aromatic N) is 3. The molecule has 3 aromatic rings. The van der Waals surface area contributed by atoms with Gasteiger partial charge in [0.15, 0.2) is 11.5 Å². The van der Waals surface area contributed by atoms with Gasteiger partial charge >= 0.3 is 0 Å². The van der Waals surface area contributed by atoms with Crippen LogP contribution in [0.15, 0.2) is 30.9 Å². The van der Waals surface area contributed by atoms with E-state index in [1.54, 1.807) is 13.2 Å². The first kappa shape index (κ1) is 24.2. The smallest absolute Gasteiger partial charge is 0.264 e. The van der Waals surface area contributed by atoms with E-state index in [0.29, 0.717) is 41.9 Å². The molecule has 1 fully saturated rings. The lowest BCUT2D eigenvalue weighted by atomic mass is 10.1. The van der Waals surface area contributed by atoms with Crippen molar-refractivity contribution in [1.29, 1.82) is 0 Å². The molecule has 0 radical (unpaired) electrons. The topological polar surface area (TPSA) is 73.8 Å². The summed E-state index contributed by atoms with van der Waals surface area (Å²) in [6.45, 7) is 11.6. The van der Waals surface area contributed by atoms with Crippen LogP contribution >= 0.6 is 11.3 Å². The lowest BCUT2D eigenvalue weighted by Gasteiger charge is -2.26. The maximum absolute atomic E-state index is 13.9. The monoisotopic (exact) mass is 481 g/mol. The summed E-state index contributed by atoms with van der Waals surface area (Å²) in [5, 5.41) is 0.974. The Balaban J connectivity index is 1.66. The average molecular weight is 482 g/mol. The molecular formula is C26H31N3O4S. The van der Waals surface area contributed by atoms with Crippen LogP contribution in [0.1, 0.15) is 45.2 Å². The number of rotatable bonds is 9. The molecule has 1 aromatic carbocycles. The molecule has 0 aliphatic carbocycles. The Labute approximate surface area is 204 Å². The van der Waals surface area contributed by atoms with Crippen LogP contribution in [0.3, 0.4) is 0 Å². The van der Waals surface area contributed by atoms with E-state index in [9.17, 15) is 4.79 Å². The Kier molecular flexibility index (Phi) is 7.48. The zero-order valence-corrected chi connectivity index (χ0v) is 21.0. The van der Waals surface area contributed by atoms with Crippen molar-refractivity contribution in [3.05, 3.63) is 58.4 Å². The van der Waals surface area contributed by atoms with E-state index in [0.717, 1.165) is 46.5 Å². The van der Waals surface area contributed by atoms with Gasteiger partial charge in [-0.15, -0.1) is 11.3 Å². The van der Waals surface area contributed by atoms with Crippen LogP contribution in [0, 0.1) is 20.8 Å². The summed E-state index contributed by atoms with van der Waals surface area (Å²) in [6, 6.07) is 5.76. The van der Waals surface area contributed by atoms with Gasteiger partial charge in [-0.1, -0.05) is 18.7 Å². The normalized spacial score (nSPS) is 15.5. The molecule has 0 N–H and O–H groups in total. The summed E-state index contributed by atoms with van der Waals surface area (Å²) in [7, 11) is 1.61. The second kappa shape index (κ2) is 10.5. The summed E-state index contributed by atoms with van der Waals surface area (Å²) in [6.07, 6.45) is 3.71. The van der Waals surface area contributed by atoms with Gasteiger partial charge in [0.05, 0.1) is 18.1 Å². The van der Waals surface area contributed by atoms with Crippen LogP contribution in [0.4, 0.5) is 0 Å². The minimum absolute atomic E-state index is 0.0148. The van der Waals surface area contributed by atoms with Crippen LogP contribution < -0.4 is 9.47 Å². The molecule has 8 heteroatoms. The third-order valence-corrected chi connectivity index (χ3v) is 7.14. The molecule has 4 rings (SSSR count). The van der Waals surface area contributed by atoms with Crippen molar-refractivity contribution in [2.45, 2.75) is 46.3 Å². The zero-order valence-electron chi connectivity index (χ0n) is 20.2. The van der Waals surface area contributed by atoms with Crippen molar-refractivity contribution in [2.75, 3.05) is 26.9 Å². The van der Waals surface area contributed by atoms with Gasteiger partial charge in [-0.3, -0.25) is 4.79 Å². The fraction of sp³-hybridized carbons (Fsp3) is 0.423. The predicted molar refractivity (Wildman–Crippen MR) is 134 cm³/mol. The van der Waals surface area contributed by atoms with Crippen molar-refractivity contribution in [3.8, 4) is 11.5 Å². The number of aromatic nitrogens is 2. The first-order valence-electron chi connectivity index (χ1n) is 11.5. The number of hydrogen-bond donors (Lipinski definition) is 0. The molecule has 0 spiro atoms. The Morgan fingerprint density at radius 2 is 2.12 bits per heavy atom. The van der Waals surface area contributed by atoms with Crippen LogP contribution in [0.25, 0.3) is 10.2 Å². The number of methoxy groups -OCH3 is 1. The number of hydrogen-bond acceptors (Lipinski definition) is 7. The van der Waals surface area contributed by atoms with Crippen molar-refractivity contribution < 1.29 is 19.0 Å². The van der Waals surface area contributed by atoms with E-state index in [1.165, 1.54) is 11.3 Å². The average Bonchev–Trinajstić information content (AvgIpc) is 3.44. The summed E-state index contributed by atoms with van der Waals surface area (Å²) >= 11 is 1.44. The third kappa shape index (κ3) is 5.08. The lowest BCUT2D eigenvalue weighted by molar-refractivity contribution is 0.0510. The minimum atomic E-state index is -0.0148. The molecule has 7 nitrogen and oxygen atoms in total. The van der Waals surface area contributed by atoms with E-state index in [2.05, 4.69) is 16.5 Å². The SMILES string of the molecule is C=CCOc1ccc(CN(CC2CCCO2)C(=O)c2sc3nc(C)nc(C)c3c2C)cc1OC. The molecule has 1 unspecified atom stereocenters. The molecule has 1 saturated heterocycles. The number of carbonyl (C=O) groups is 1. The molecule has 34 heavy (non-hydrogen) atoms. The molecule has 0 saturated carbocycles. The number of ether oxygens (including phenoxy) is 3. The second-order valence-corrected chi connectivity index (χ2v) is 9.50. The molecule has 180 valence electrons. The number of carbonyl (C=O) groups excluding carboxylic acids is 1. The first-order chi connectivity index (χ1) is 16.4. The standard InChI is InChI=1S/C26H31N3O4S/c1-6-11-33-21-10-9-19(13-22(21)31-5)14-29(15-20-8-7-12-32-20)26(30)24-16(2)23-17(3)27-18(4)28-25(23)34-24/h6,9-10,13,20H,1,7-8,11-12,14-15H2,2-5H3. The molecule has 2 aromatic heterocycles. The van der Waals surface area contributed by atoms with Crippen molar-refractivity contribution in [3.63, 3.8) is 0 Å². The minimum Gasteiger partial charge on any atom is -0.493 e. The summed E-state index contributed by atoms with van der Waals surface area (Å²) in [5.41, 5.74) is 2.80. The molecular weight excluding hydrogens is 450 g/mol. The van der Waals surface area contributed by atoms with Gasteiger partial charge < -0.3 is 19.1 Å². The highest BCUT2D eigenvalue weighted by Gasteiger charge is 2.27. The van der Waals surface area contributed by atoms with E-state index < -0.39 is 0 Å². The first-order valence-corrected chi connectivity index (χ1v) is 12.3. The maximum Gasteiger partial charge on any atom is 0.264 e. The van der Waals surface area contributed by atoms with E-state index in [1.807, 2.05) is 43.9 Å². The van der Waals surface area contributed by atoms with Crippen molar-refractivity contribution >= 4 is 27.5 Å². The van der Waals surface area contributed by atoms with E-state index in [-0.39, 0.29) is 12.0 Å². The number of thiophene rings is 1. The van der Waals surface area contributed by atoms with E-state index >= 15 is 0 Å². The maximum atomic E-state index is 13.9. The largest absolute Gasteiger partial charge is 0.493 e. The highest BCUT2D eigenvalue weighted by atomic mass is 32.1. The Morgan fingerprint density at radius 3 is 2.82 bits per heavy atom. The quantitative estimate of drug-likeness (QED) is 0.400. The number of fused-ring (bicyclic) bond motifs is 1. The molecule has 0 bridgehead atoms. The van der Waals surface area contributed by atoms with Gasteiger partial charge in [0.25, 0.3) is 5.91 Å². The van der Waals surface area contributed by atoms with Crippen molar-refractivity contribution in [2.24, 2.45) is 0 Å². The van der Waals surface area contributed by atoms with Gasteiger partial charge in [0, 0.05) is 30.8 Å². The number of benzene rings is 1. The fourth-order valence-corrected chi connectivity index (χ4v) is 5.62. The zero-order chi connectivity index (χ0) is 24.2. The highest BCUT2D eigenvalue weighted by molar-refractivity contribution is 7.20. The third-order valence-electron chi connectivity index (χ3n) is 5.97.